The zero-order valence-corrected chi connectivity index (χ0v) is 7.30. The van der Waals surface area contributed by atoms with Crippen molar-refractivity contribution in [2.75, 3.05) is 0 Å². The molecule has 0 amide bonds. The van der Waals surface area contributed by atoms with Crippen LogP contribution in [0.4, 0.5) is 0 Å². The molecule has 0 saturated carbocycles. The minimum Gasteiger partial charge on any atom is -0.361 e. The predicted molar refractivity (Wildman–Crippen MR) is 52.9 cm³/mol. The molecule has 0 radical (unpaired) electrons. The molecule has 1 heterocycles. The summed E-state index contributed by atoms with van der Waals surface area (Å²) in [5, 5.41) is 0. The van der Waals surface area contributed by atoms with E-state index in [1.54, 1.807) is 0 Å². The van der Waals surface area contributed by atoms with E-state index in [1.165, 1.54) is 16.8 Å². The number of nitrogens with one attached hydrogen (secondary N) is 1. The SMILES string of the molecule is CCc1c[nH]c2c1C=CCC=C2. The third-order valence-corrected chi connectivity index (χ3v) is 2.26. The number of hydrogen-bond acceptors (Lipinski definition) is 0. The Bertz CT molecular complexity index is 329. The molecule has 0 aromatic carbocycles. The highest BCUT2D eigenvalue weighted by molar-refractivity contribution is 5.67. The van der Waals surface area contributed by atoms with Crippen LogP contribution in [0.25, 0.3) is 12.2 Å². The van der Waals surface area contributed by atoms with Gasteiger partial charge in [-0.15, -0.1) is 0 Å². The van der Waals surface area contributed by atoms with E-state index in [1.807, 2.05) is 0 Å². The molecule has 62 valence electrons. The first-order valence-electron chi connectivity index (χ1n) is 4.45. The van der Waals surface area contributed by atoms with E-state index in [2.05, 4.69) is 42.4 Å². The molecule has 1 nitrogen and oxygen atoms in total. The van der Waals surface area contributed by atoms with Crippen LogP contribution in [0.1, 0.15) is 30.2 Å². The highest BCUT2D eigenvalue weighted by Gasteiger charge is 2.05. The van der Waals surface area contributed by atoms with Crippen LogP contribution in [0.15, 0.2) is 18.3 Å². The number of hydrogen-bond donors (Lipinski definition) is 1. The highest BCUT2D eigenvalue weighted by Crippen LogP contribution is 2.20. The molecular formula is C11H13N. The van der Waals surface area contributed by atoms with Gasteiger partial charge in [0.1, 0.15) is 0 Å². The van der Waals surface area contributed by atoms with Crippen LogP contribution < -0.4 is 0 Å². The Kier molecular flexibility index (Phi) is 1.86. The second kappa shape index (κ2) is 3.02. The van der Waals surface area contributed by atoms with Crippen molar-refractivity contribution in [2.24, 2.45) is 0 Å². The number of aryl methyl sites for hydroxylation is 1. The summed E-state index contributed by atoms with van der Waals surface area (Å²) in [6.07, 6.45) is 13.0. The van der Waals surface area contributed by atoms with E-state index >= 15 is 0 Å². The van der Waals surface area contributed by atoms with Crippen molar-refractivity contribution in [1.82, 2.24) is 4.98 Å². The van der Waals surface area contributed by atoms with Crippen LogP contribution in [-0.4, -0.2) is 4.98 Å². The van der Waals surface area contributed by atoms with E-state index in [0.717, 1.165) is 12.8 Å². The van der Waals surface area contributed by atoms with Crippen molar-refractivity contribution in [3.63, 3.8) is 0 Å². The van der Waals surface area contributed by atoms with Gasteiger partial charge >= 0.3 is 0 Å². The highest BCUT2D eigenvalue weighted by atomic mass is 14.7. The van der Waals surface area contributed by atoms with E-state index in [4.69, 9.17) is 0 Å². The zero-order chi connectivity index (χ0) is 8.39. The van der Waals surface area contributed by atoms with Crippen LogP contribution in [0.5, 0.6) is 0 Å². The van der Waals surface area contributed by atoms with Gasteiger partial charge in [0.05, 0.1) is 0 Å². The number of allylic oxidation sites excluding steroid dienone is 2. The smallest absolute Gasteiger partial charge is 0.0453 e. The molecule has 0 aliphatic heterocycles. The molecule has 12 heavy (non-hydrogen) atoms. The standard InChI is InChI=1S/C11H13N/c1-2-9-8-12-11-7-5-3-4-6-10(9)11/h4-8,12H,2-3H2,1H3. The molecule has 1 N–H and O–H groups in total. The fourth-order valence-electron chi connectivity index (χ4n) is 1.57. The normalized spacial score (nSPS) is 14.4. The number of fused-ring (bicyclic) bond motifs is 1. The molecule has 1 aromatic heterocycles. The topological polar surface area (TPSA) is 15.8 Å². The van der Waals surface area contributed by atoms with E-state index in [9.17, 15) is 0 Å². The van der Waals surface area contributed by atoms with Crippen LogP contribution in [0.2, 0.25) is 0 Å². The maximum Gasteiger partial charge on any atom is 0.0453 e. The molecule has 1 aliphatic carbocycles. The largest absolute Gasteiger partial charge is 0.361 e. The Hall–Kier alpha value is -1.24. The monoisotopic (exact) mass is 159 g/mol. The van der Waals surface area contributed by atoms with Gasteiger partial charge in [-0.2, -0.15) is 0 Å². The van der Waals surface area contributed by atoms with Gasteiger partial charge in [-0.05, 0) is 24.5 Å². The summed E-state index contributed by atoms with van der Waals surface area (Å²) in [6, 6.07) is 0. The third kappa shape index (κ3) is 1.11. The van der Waals surface area contributed by atoms with Gasteiger partial charge in [0.25, 0.3) is 0 Å². The second-order valence-corrected chi connectivity index (χ2v) is 3.04. The molecule has 0 unspecified atom stereocenters. The third-order valence-electron chi connectivity index (χ3n) is 2.26. The lowest BCUT2D eigenvalue weighted by Gasteiger charge is -1.94. The Morgan fingerprint density at radius 3 is 3.00 bits per heavy atom. The molecule has 0 fully saturated rings. The Morgan fingerprint density at radius 2 is 2.17 bits per heavy atom. The number of aromatic amines is 1. The van der Waals surface area contributed by atoms with Crippen molar-refractivity contribution in [3.05, 3.63) is 35.2 Å². The van der Waals surface area contributed by atoms with Crippen molar-refractivity contribution >= 4 is 12.2 Å². The number of H-pyrrole nitrogens is 1. The van der Waals surface area contributed by atoms with Crippen molar-refractivity contribution in [2.45, 2.75) is 19.8 Å². The maximum atomic E-state index is 3.28. The predicted octanol–water partition coefficient (Wildman–Crippen LogP) is 3.01. The fraction of sp³-hybridized carbons (Fsp3) is 0.273. The summed E-state index contributed by atoms with van der Waals surface area (Å²) in [4.78, 5) is 3.28. The summed E-state index contributed by atoms with van der Waals surface area (Å²) >= 11 is 0. The second-order valence-electron chi connectivity index (χ2n) is 3.04. The first kappa shape index (κ1) is 7.41. The van der Waals surface area contributed by atoms with Gasteiger partial charge in [0.2, 0.25) is 0 Å². The van der Waals surface area contributed by atoms with Crippen molar-refractivity contribution in [1.29, 1.82) is 0 Å². The molecule has 2 rings (SSSR count). The Labute approximate surface area is 72.8 Å². The minimum atomic E-state index is 1.05. The molecular weight excluding hydrogens is 146 g/mol. The molecule has 1 aliphatic rings. The summed E-state index contributed by atoms with van der Waals surface area (Å²) in [5.74, 6) is 0. The molecule has 0 spiro atoms. The average molecular weight is 159 g/mol. The Balaban J connectivity index is 2.53. The van der Waals surface area contributed by atoms with E-state index < -0.39 is 0 Å². The van der Waals surface area contributed by atoms with Crippen molar-refractivity contribution in [3.8, 4) is 0 Å². The van der Waals surface area contributed by atoms with E-state index in [0.29, 0.717) is 0 Å². The molecule has 1 heteroatoms. The summed E-state index contributed by atoms with van der Waals surface area (Å²) in [7, 11) is 0. The molecule has 0 bridgehead atoms. The van der Waals surface area contributed by atoms with Crippen molar-refractivity contribution < 1.29 is 0 Å². The van der Waals surface area contributed by atoms with Gasteiger partial charge < -0.3 is 4.98 Å². The van der Waals surface area contributed by atoms with Crippen LogP contribution >= 0.6 is 0 Å². The molecule has 0 atom stereocenters. The lowest BCUT2D eigenvalue weighted by molar-refractivity contribution is 1.14. The van der Waals surface area contributed by atoms with Crippen LogP contribution in [0.3, 0.4) is 0 Å². The lowest BCUT2D eigenvalue weighted by atomic mass is 10.1. The van der Waals surface area contributed by atoms with Gasteiger partial charge in [-0.3, -0.25) is 0 Å². The van der Waals surface area contributed by atoms with Gasteiger partial charge in [0, 0.05) is 17.5 Å². The minimum absolute atomic E-state index is 1.05. The first-order valence-corrected chi connectivity index (χ1v) is 4.45. The fourth-order valence-corrected chi connectivity index (χ4v) is 1.57. The van der Waals surface area contributed by atoms with Gasteiger partial charge in [-0.1, -0.05) is 25.2 Å². The van der Waals surface area contributed by atoms with Crippen LogP contribution in [-0.2, 0) is 6.42 Å². The summed E-state index contributed by atoms with van der Waals surface area (Å²) in [6.45, 7) is 2.19. The number of rotatable bonds is 1. The average Bonchev–Trinajstić information content (AvgIpc) is 2.33. The maximum absolute atomic E-state index is 3.28. The first-order chi connectivity index (χ1) is 5.92. The molecule has 0 saturated heterocycles. The van der Waals surface area contributed by atoms with Gasteiger partial charge in [-0.25, -0.2) is 0 Å². The summed E-state index contributed by atoms with van der Waals surface area (Å²) in [5.41, 5.74) is 4.03. The zero-order valence-electron chi connectivity index (χ0n) is 7.30. The number of aromatic nitrogens is 1. The van der Waals surface area contributed by atoms with E-state index in [-0.39, 0.29) is 0 Å². The quantitative estimate of drug-likeness (QED) is 0.648. The Morgan fingerprint density at radius 1 is 1.33 bits per heavy atom. The molecule has 1 aromatic rings. The van der Waals surface area contributed by atoms with Gasteiger partial charge in [0.15, 0.2) is 0 Å². The summed E-state index contributed by atoms with van der Waals surface area (Å²) < 4.78 is 0. The van der Waals surface area contributed by atoms with Crippen LogP contribution in [0, 0.1) is 0 Å². The lowest BCUT2D eigenvalue weighted by Crippen LogP contribution is -1.79.